The fraction of sp³-hybridized carbons (Fsp3) is 0.500. The van der Waals surface area contributed by atoms with E-state index in [1.807, 2.05) is 52.0 Å². The van der Waals surface area contributed by atoms with Gasteiger partial charge in [-0.05, 0) is 63.9 Å². The quantitative estimate of drug-likeness (QED) is 0.654. The minimum atomic E-state index is -0.552. The third-order valence-corrected chi connectivity index (χ3v) is 6.31. The molecule has 2 saturated heterocycles. The summed E-state index contributed by atoms with van der Waals surface area (Å²) in [6.07, 6.45) is 2.44. The van der Waals surface area contributed by atoms with E-state index in [1.54, 1.807) is 11.0 Å². The Morgan fingerprint density at radius 1 is 1.15 bits per heavy atom. The van der Waals surface area contributed by atoms with Gasteiger partial charge in [0, 0.05) is 32.1 Å². The molecule has 178 valence electrons. The smallest absolute Gasteiger partial charge is 0.410 e. The third-order valence-electron chi connectivity index (χ3n) is 5.40. The van der Waals surface area contributed by atoms with Gasteiger partial charge in [0.25, 0.3) is 11.1 Å². The van der Waals surface area contributed by atoms with Crippen LogP contribution in [0.1, 0.15) is 44.7 Å². The van der Waals surface area contributed by atoms with E-state index >= 15 is 0 Å². The molecule has 2 aliphatic rings. The van der Waals surface area contributed by atoms with Gasteiger partial charge in [-0.25, -0.2) is 4.79 Å². The number of carbonyl (C=O) groups is 4. The Bertz CT molecular complexity index is 944. The zero-order valence-electron chi connectivity index (χ0n) is 19.6. The number of benzene rings is 1. The highest BCUT2D eigenvalue weighted by Gasteiger charge is 2.35. The molecule has 4 amide bonds. The SMILES string of the molecule is Cc1ccc(/C=C2\SC(=O)N(CCNC(=O)C3CCN(C(=O)OC(C)(C)C)CC3)C2=O)cc1. The highest BCUT2D eigenvalue weighted by atomic mass is 32.2. The predicted octanol–water partition coefficient (Wildman–Crippen LogP) is 3.79. The summed E-state index contributed by atoms with van der Waals surface area (Å²) in [6, 6.07) is 7.70. The van der Waals surface area contributed by atoms with Crippen LogP contribution in [0.25, 0.3) is 6.08 Å². The monoisotopic (exact) mass is 473 g/mol. The molecule has 1 N–H and O–H groups in total. The first-order valence-corrected chi connectivity index (χ1v) is 11.9. The van der Waals surface area contributed by atoms with E-state index in [1.165, 1.54) is 0 Å². The van der Waals surface area contributed by atoms with Crippen molar-refractivity contribution in [2.24, 2.45) is 5.92 Å². The summed E-state index contributed by atoms with van der Waals surface area (Å²) in [4.78, 5) is 52.7. The Morgan fingerprint density at radius 2 is 1.79 bits per heavy atom. The zero-order valence-corrected chi connectivity index (χ0v) is 20.4. The van der Waals surface area contributed by atoms with Crippen molar-refractivity contribution in [3.05, 3.63) is 40.3 Å². The number of imide groups is 1. The molecule has 8 nitrogen and oxygen atoms in total. The molecule has 0 aliphatic carbocycles. The fourth-order valence-corrected chi connectivity index (χ4v) is 4.46. The van der Waals surface area contributed by atoms with Crippen LogP contribution in [0, 0.1) is 12.8 Å². The lowest BCUT2D eigenvalue weighted by molar-refractivity contribution is -0.127. The number of ether oxygens (including phenoxy) is 1. The standard InChI is InChI=1S/C24H31N3O5S/c1-16-5-7-17(8-6-16)15-19-21(29)27(23(31)33-19)14-11-25-20(28)18-9-12-26(13-10-18)22(30)32-24(2,3)4/h5-8,15,18H,9-14H2,1-4H3,(H,25,28)/b19-15-. The van der Waals surface area contributed by atoms with Gasteiger partial charge in [-0.2, -0.15) is 0 Å². The lowest BCUT2D eigenvalue weighted by atomic mass is 9.96. The summed E-state index contributed by atoms with van der Waals surface area (Å²) in [5.41, 5.74) is 1.42. The number of carbonyl (C=O) groups excluding carboxylic acids is 4. The van der Waals surface area contributed by atoms with Crippen LogP contribution in [-0.2, 0) is 14.3 Å². The molecule has 0 radical (unpaired) electrons. The molecule has 2 fully saturated rings. The molecule has 3 rings (SSSR count). The molecule has 0 atom stereocenters. The maximum absolute atomic E-state index is 12.6. The summed E-state index contributed by atoms with van der Waals surface area (Å²) >= 11 is 0.911. The van der Waals surface area contributed by atoms with Crippen molar-refractivity contribution in [2.45, 2.75) is 46.1 Å². The molecular weight excluding hydrogens is 442 g/mol. The first-order valence-electron chi connectivity index (χ1n) is 11.1. The average molecular weight is 474 g/mol. The Hall–Kier alpha value is -2.81. The van der Waals surface area contributed by atoms with Crippen LogP contribution >= 0.6 is 11.8 Å². The van der Waals surface area contributed by atoms with Crippen molar-refractivity contribution in [2.75, 3.05) is 26.2 Å². The fourth-order valence-electron chi connectivity index (χ4n) is 3.59. The van der Waals surface area contributed by atoms with Crippen molar-refractivity contribution in [1.82, 2.24) is 15.1 Å². The number of aryl methyl sites for hydroxylation is 1. The molecule has 1 aromatic carbocycles. The lowest BCUT2D eigenvalue weighted by Crippen LogP contribution is -2.46. The van der Waals surface area contributed by atoms with Crippen molar-refractivity contribution in [1.29, 1.82) is 0 Å². The van der Waals surface area contributed by atoms with E-state index in [2.05, 4.69) is 5.32 Å². The van der Waals surface area contributed by atoms with Gasteiger partial charge in [-0.3, -0.25) is 19.3 Å². The van der Waals surface area contributed by atoms with Crippen molar-refractivity contribution in [3.8, 4) is 0 Å². The second-order valence-electron chi connectivity index (χ2n) is 9.28. The molecule has 9 heteroatoms. The van der Waals surface area contributed by atoms with E-state index in [0.29, 0.717) is 30.8 Å². The molecule has 2 aliphatic heterocycles. The molecule has 1 aromatic rings. The number of hydrogen-bond acceptors (Lipinski definition) is 6. The van der Waals surface area contributed by atoms with Crippen LogP contribution in [0.3, 0.4) is 0 Å². The van der Waals surface area contributed by atoms with E-state index in [4.69, 9.17) is 4.74 Å². The van der Waals surface area contributed by atoms with Crippen LogP contribution in [0.5, 0.6) is 0 Å². The van der Waals surface area contributed by atoms with Crippen LogP contribution in [0.15, 0.2) is 29.2 Å². The second kappa shape index (κ2) is 10.4. The second-order valence-corrected chi connectivity index (χ2v) is 10.3. The first-order chi connectivity index (χ1) is 15.5. The summed E-state index contributed by atoms with van der Waals surface area (Å²) < 4.78 is 5.38. The number of hydrogen-bond donors (Lipinski definition) is 1. The van der Waals surface area contributed by atoms with Gasteiger partial charge in [0.05, 0.1) is 4.91 Å². The predicted molar refractivity (Wildman–Crippen MR) is 127 cm³/mol. The third kappa shape index (κ3) is 6.83. The zero-order chi connectivity index (χ0) is 24.2. The minimum Gasteiger partial charge on any atom is -0.444 e. The number of amides is 4. The number of nitrogens with one attached hydrogen (secondary N) is 1. The molecule has 0 saturated carbocycles. The molecule has 2 heterocycles. The molecule has 0 aromatic heterocycles. The van der Waals surface area contributed by atoms with Crippen molar-refractivity contribution >= 4 is 41.0 Å². The van der Waals surface area contributed by atoms with Crippen molar-refractivity contribution < 1.29 is 23.9 Å². The van der Waals surface area contributed by atoms with E-state index in [0.717, 1.165) is 27.8 Å². The molecule has 0 spiro atoms. The van der Waals surface area contributed by atoms with Gasteiger partial charge in [0.2, 0.25) is 5.91 Å². The summed E-state index contributed by atoms with van der Waals surface area (Å²) in [5.74, 6) is -0.675. The Balaban J connectivity index is 1.44. The highest BCUT2D eigenvalue weighted by Crippen LogP contribution is 2.32. The maximum Gasteiger partial charge on any atom is 0.410 e. The number of piperidine rings is 1. The highest BCUT2D eigenvalue weighted by molar-refractivity contribution is 8.18. The van der Waals surface area contributed by atoms with Gasteiger partial charge in [-0.1, -0.05) is 29.8 Å². The normalized spacial score (nSPS) is 18.7. The van der Waals surface area contributed by atoms with Gasteiger partial charge in [0.15, 0.2) is 0 Å². The van der Waals surface area contributed by atoms with Crippen LogP contribution in [0.4, 0.5) is 9.59 Å². The number of nitrogens with zero attached hydrogens (tertiary/aromatic N) is 2. The summed E-state index contributed by atoms with van der Waals surface area (Å²) in [7, 11) is 0. The number of rotatable bonds is 5. The topological polar surface area (TPSA) is 96.0 Å². The Labute approximate surface area is 198 Å². The van der Waals surface area contributed by atoms with E-state index < -0.39 is 5.60 Å². The Kier molecular flexibility index (Phi) is 7.84. The van der Waals surface area contributed by atoms with Crippen LogP contribution in [-0.4, -0.2) is 64.7 Å². The van der Waals surface area contributed by atoms with E-state index in [-0.39, 0.29) is 42.2 Å². The first kappa shape index (κ1) is 24.8. The number of thioether (sulfide) groups is 1. The van der Waals surface area contributed by atoms with E-state index in [9.17, 15) is 19.2 Å². The molecule has 0 unspecified atom stereocenters. The van der Waals surface area contributed by atoms with Crippen molar-refractivity contribution in [3.63, 3.8) is 0 Å². The van der Waals surface area contributed by atoms with Gasteiger partial charge < -0.3 is 15.0 Å². The minimum absolute atomic E-state index is 0.123. The summed E-state index contributed by atoms with van der Waals surface area (Å²) in [5, 5.41) is 2.49. The van der Waals surface area contributed by atoms with Gasteiger partial charge >= 0.3 is 6.09 Å². The van der Waals surface area contributed by atoms with Gasteiger partial charge in [-0.15, -0.1) is 0 Å². The molecule has 33 heavy (non-hydrogen) atoms. The number of likely N-dealkylation sites (tertiary alicyclic amines) is 1. The van der Waals surface area contributed by atoms with Crippen LogP contribution < -0.4 is 5.32 Å². The van der Waals surface area contributed by atoms with Crippen LogP contribution in [0.2, 0.25) is 0 Å². The largest absolute Gasteiger partial charge is 0.444 e. The average Bonchev–Trinajstić information content (AvgIpc) is 3.01. The maximum atomic E-state index is 12.6. The summed E-state index contributed by atoms with van der Waals surface area (Å²) in [6.45, 7) is 8.68. The lowest BCUT2D eigenvalue weighted by Gasteiger charge is -2.33. The molecule has 0 bridgehead atoms. The Morgan fingerprint density at radius 3 is 2.39 bits per heavy atom. The van der Waals surface area contributed by atoms with Gasteiger partial charge in [0.1, 0.15) is 5.60 Å². The molecular formula is C24H31N3O5S.